The van der Waals surface area contributed by atoms with Gasteiger partial charge in [-0.3, -0.25) is 5.32 Å². The van der Waals surface area contributed by atoms with Gasteiger partial charge in [0.2, 0.25) is 0 Å². The Morgan fingerprint density at radius 2 is 2.00 bits per heavy atom. The Balaban J connectivity index is 1.61. The number of nitrogens with zero attached hydrogens (tertiary/aromatic N) is 4. The van der Waals surface area contributed by atoms with Crippen molar-refractivity contribution in [1.82, 2.24) is 19.7 Å². The van der Waals surface area contributed by atoms with Crippen molar-refractivity contribution in [3.8, 4) is 28.9 Å². The van der Waals surface area contributed by atoms with Gasteiger partial charge in [0.05, 0.1) is 6.26 Å². The van der Waals surface area contributed by atoms with Crippen molar-refractivity contribution in [2.45, 2.75) is 0 Å². The minimum atomic E-state index is -0.740. The second kappa shape index (κ2) is 7.00. The maximum Gasteiger partial charge on any atom is 0.418 e. The zero-order valence-corrected chi connectivity index (χ0v) is 13.8. The van der Waals surface area contributed by atoms with Crippen LogP contribution in [0.25, 0.3) is 17.4 Å². The van der Waals surface area contributed by atoms with E-state index in [0.29, 0.717) is 11.6 Å². The maximum absolute atomic E-state index is 12.2. The molecule has 4 rings (SSSR count). The van der Waals surface area contributed by atoms with Gasteiger partial charge in [-0.15, -0.1) is 0 Å². The molecule has 0 aliphatic carbocycles. The highest BCUT2D eigenvalue weighted by Crippen LogP contribution is 2.21. The maximum atomic E-state index is 12.2. The Morgan fingerprint density at radius 3 is 2.70 bits per heavy atom. The van der Waals surface area contributed by atoms with E-state index < -0.39 is 6.09 Å². The van der Waals surface area contributed by atoms with Crippen LogP contribution in [0.15, 0.2) is 71.6 Å². The fraction of sp³-hybridized carbons (Fsp3) is 0. The first-order valence-corrected chi connectivity index (χ1v) is 7.88. The number of anilines is 1. The van der Waals surface area contributed by atoms with E-state index in [-0.39, 0.29) is 23.1 Å². The van der Waals surface area contributed by atoms with Crippen molar-refractivity contribution in [3.05, 3.63) is 67.2 Å². The molecular formula is C18H13N5O4. The number of hydrogen-bond donors (Lipinski definition) is 2. The van der Waals surface area contributed by atoms with Gasteiger partial charge in [-0.1, -0.05) is 0 Å². The van der Waals surface area contributed by atoms with E-state index in [1.54, 1.807) is 36.7 Å². The number of phenolic OH excluding ortho intramolecular Hbond substituents is 1. The third kappa shape index (κ3) is 3.76. The minimum absolute atomic E-state index is 0.0745. The van der Waals surface area contributed by atoms with Crippen LogP contribution < -0.4 is 10.1 Å². The lowest BCUT2D eigenvalue weighted by molar-refractivity contribution is 0.215. The monoisotopic (exact) mass is 363 g/mol. The molecule has 0 radical (unpaired) electrons. The van der Waals surface area contributed by atoms with Gasteiger partial charge in [0.15, 0.2) is 17.4 Å². The smallest absolute Gasteiger partial charge is 0.418 e. The molecule has 3 aromatic heterocycles. The van der Waals surface area contributed by atoms with Gasteiger partial charge >= 0.3 is 6.09 Å². The van der Waals surface area contributed by atoms with Crippen LogP contribution in [0.2, 0.25) is 0 Å². The van der Waals surface area contributed by atoms with Gasteiger partial charge in [0.25, 0.3) is 0 Å². The van der Waals surface area contributed by atoms with Gasteiger partial charge in [-0.2, -0.15) is 5.10 Å². The summed E-state index contributed by atoms with van der Waals surface area (Å²) < 4.78 is 12.0. The van der Waals surface area contributed by atoms with Crippen molar-refractivity contribution in [3.63, 3.8) is 0 Å². The Kier molecular flexibility index (Phi) is 4.24. The molecule has 0 saturated heterocycles. The average molecular weight is 363 g/mol. The summed E-state index contributed by atoms with van der Waals surface area (Å²) in [5.41, 5.74) is 0. The lowest BCUT2D eigenvalue weighted by atomic mass is 10.3. The first-order valence-electron chi connectivity index (χ1n) is 7.88. The number of aromatic hydroxyl groups is 1. The van der Waals surface area contributed by atoms with Crippen LogP contribution in [0.3, 0.4) is 0 Å². The molecule has 1 amide bonds. The van der Waals surface area contributed by atoms with E-state index in [2.05, 4.69) is 20.4 Å². The molecule has 1 aromatic carbocycles. The third-order valence-corrected chi connectivity index (χ3v) is 3.47. The summed E-state index contributed by atoms with van der Waals surface area (Å²) in [5.74, 6) is 1.74. The standard InChI is InChI=1S/C18H13N5O4/c24-12-4-6-13(7-5-12)27-18(25)21-15-11-16(23-9-2-8-19-23)22-17(20-15)14-3-1-10-26-14/h1-11,24H,(H,20,21,22,25). The molecule has 9 heteroatoms. The van der Waals surface area contributed by atoms with E-state index in [1.807, 2.05) is 0 Å². The number of benzene rings is 1. The summed E-state index contributed by atoms with van der Waals surface area (Å²) in [6, 6.07) is 12.5. The largest absolute Gasteiger partial charge is 0.508 e. The summed E-state index contributed by atoms with van der Waals surface area (Å²) in [6.07, 6.45) is 4.09. The van der Waals surface area contributed by atoms with Crippen LogP contribution in [-0.4, -0.2) is 30.9 Å². The van der Waals surface area contributed by atoms with Crippen LogP contribution in [0.1, 0.15) is 0 Å². The number of furan rings is 1. The molecule has 4 aromatic rings. The molecule has 0 spiro atoms. The van der Waals surface area contributed by atoms with Crippen LogP contribution in [0.4, 0.5) is 10.6 Å². The predicted molar refractivity (Wildman–Crippen MR) is 94.6 cm³/mol. The predicted octanol–water partition coefficient (Wildman–Crippen LogP) is 3.24. The van der Waals surface area contributed by atoms with Crippen molar-refractivity contribution >= 4 is 11.9 Å². The second-order valence-corrected chi connectivity index (χ2v) is 5.37. The summed E-state index contributed by atoms with van der Waals surface area (Å²) in [7, 11) is 0. The molecule has 9 nitrogen and oxygen atoms in total. The Labute approximate surface area is 152 Å². The Hall–Kier alpha value is -4.14. The van der Waals surface area contributed by atoms with Gasteiger partial charge < -0.3 is 14.3 Å². The summed E-state index contributed by atoms with van der Waals surface area (Å²) in [5, 5.41) is 16.0. The quantitative estimate of drug-likeness (QED) is 0.572. The molecule has 0 fully saturated rings. The van der Waals surface area contributed by atoms with Crippen molar-refractivity contribution in [2.24, 2.45) is 0 Å². The minimum Gasteiger partial charge on any atom is -0.508 e. The van der Waals surface area contributed by atoms with Gasteiger partial charge in [-0.05, 0) is 42.5 Å². The number of hydrogen-bond acceptors (Lipinski definition) is 7. The number of aromatic nitrogens is 4. The van der Waals surface area contributed by atoms with E-state index in [0.717, 1.165) is 0 Å². The zero-order chi connectivity index (χ0) is 18.6. The van der Waals surface area contributed by atoms with Crippen molar-refractivity contribution < 1.29 is 19.1 Å². The number of carbonyl (C=O) groups is 1. The molecule has 0 aliphatic rings. The van der Waals surface area contributed by atoms with Gasteiger partial charge in [0.1, 0.15) is 17.3 Å². The number of carbonyl (C=O) groups excluding carboxylic acids is 1. The highest BCUT2D eigenvalue weighted by atomic mass is 16.6. The summed E-state index contributed by atoms with van der Waals surface area (Å²) in [6.45, 7) is 0. The highest BCUT2D eigenvalue weighted by Gasteiger charge is 2.13. The summed E-state index contributed by atoms with van der Waals surface area (Å²) >= 11 is 0. The number of amides is 1. The van der Waals surface area contributed by atoms with E-state index in [9.17, 15) is 9.90 Å². The average Bonchev–Trinajstić information content (AvgIpc) is 3.37. The lowest BCUT2D eigenvalue weighted by Gasteiger charge is -2.09. The van der Waals surface area contributed by atoms with Crippen molar-refractivity contribution in [1.29, 1.82) is 0 Å². The van der Waals surface area contributed by atoms with Gasteiger partial charge in [0, 0.05) is 18.5 Å². The first kappa shape index (κ1) is 16.3. The van der Waals surface area contributed by atoms with Crippen LogP contribution in [-0.2, 0) is 0 Å². The van der Waals surface area contributed by atoms with E-state index in [1.165, 1.54) is 35.2 Å². The van der Waals surface area contributed by atoms with E-state index in [4.69, 9.17) is 9.15 Å². The topological polar surface area (TPSA) is 115 Å². The third-order valence-electron chi connectivity index (χ3n) is 3.47. The van der Waals surface area contributed by atoms with Crippen molar-refractivity contribution in [2.75, 3.05) is 5.32 Å². The molecule has 0 aliphatic heterocycles. The molecular weight excluding hydrogens is 350 g/mol. The number of rotatable bonds is 4. The molecule has 3 heterocycles. The number of phenols is 1. The fourth-order valence-electron chi connectivity index (χ4n) is 2.29. The Morgan fingerprint density at radius 1 is 1.15 bits per heavy atom. The number of nitrogens with one attached hydrogen (secondary N) is 1. The fourth-order valence-corrected chi connectivity index (χ4v) is 2.29. The van der Waals surface area contributed by atoms with E-state index >= 15 is 0 Å². The molecule has 0 bridgehead atoms. The molecule has 27 heavy (non-hydrogen) atoms. The molecule has 0 saturated carbocycles. The normalized spacial score (nSPS) is 10.5. The number of ether oxygens (including phenoxy) is 1. The van der Waals surface area contributed by atoms with Crippen LogP contribution >= 0.6 is 0 Å². The van der Waals surface area contributed by atoms with Crippen LogP contribution in [0, 0.1) is 0 Å². The van der Waals surface area contributed by atoms with Gasteiger partial charge in [-0.25, -0.2) is 19.4 Å². The second-order valence-electron chi connectivity index (χ2n) is 5.37. The molecule has 0 unspecified atom stereocenters. The Bertz CT molecular complexity index is 992. The van der Waals surface area contributed by atoms with Crippen LogP contribution in [0.5, 0.6) is 11.5 Å². The zero-order valence-electron chi connectivity index (χ0n) is 13.8. The molecule has 134 valence electrons. The molecule has 0 atom stereocenters. The SMILES string of the molecule is O=C(Nc1cc(-n2cccn2)nc(-c2ccco2)n1)Oc1ccc(O)cc1. The highest BCUT2D eigenvalue weighted by molar-refractivity contribution is 5.85. The lowest BCUT2D eigenvalue weighted by Crippen LogP contribution is -2.18. The first-order chi connectivity index (χ1) is 13.2. The summed E-state index contributed by atoms with van der Waals surface area (Å²) in [4.78, 5) is 20.8. The molecule has 2 N–H and O–H groups in total.